The van der Waals surface area contributed by atoms with Gasteiger partial charge in [-0.1, -0.05) is 24.3 Å². The Morgan fingerprint density at radius 1 is 1.16 bits per heavy atom. The fraction of sp³-hybridized carbons (Fsp3) is 0.333. The van der Waals surface area contributed by atoms with Crippen molar-refractivity contribution in [2.45, 2.75) is 37.1 Å². The summed E-state index contributed by atoms with van der Waals surface area (Å²) < 4.78 is 1.88. The average molecular weight is 339 g/mol. The number of nitrogen functional groups attached to an aromatic ring is 1. The van der Waals surface area contributed by atoms with Gasteiger partial charge in [0.25, 0.3) is 0 Å². The number of aliphatic hydroxyl groups is 2. The number of benzene rings is 1. The van der Waals surface area contributed by atoms with Crippen molar-refractivity contribution in [3.63, 3.8) is 0 Å². The van der Waals surface area contributed by atoms with Gasteiger partial charge in [-0.05, 0) is 23.6 Å². The van der Waals surface area contributed by atoms with Crippen LogP contribution >= 0.6 is 0 Å². The molecule has 1 saturated carbocycles. The van der Waals surface area contributed by atoms with E-state index in [1.807, 2.05) is 41.1 Å². The van der Waals surface area contributed by atoms with Crippen molar-refractivity contribution >= 4 is 16.9 Å². The number of nitrogens with two attached hydrogens (primary N) is 2. The monoisotopic (exact) mass is 339 g/mol. The van der Waals surface area contributed by atoms with Crippen molar-refractivity contribution < 1.29 is 10.2 Å². The quantitative estimate of drug-likeness (QED) is 0.563. The first-order valence-electron chi connectivity index (χ1n) is 8.32. The number of aromatic nitrogens is 3. The molecule has 1 fully saturated rings. The van der Waals surface area contributed by atoms with E-state index < -0.39 is 12.2 Å². The van der Waals surface area contributed by atoms with Crippen LogP contribution in [0.1, 0.15) is 29.5 Å². The number of aliphatic hydroxyl groups excluding tert-OH is 2. The van der Waals surface area contributed by atoms with Gasteiger partial charge in [0.15, 0.2) is 0 Å². The van der Waals surface area contributed by atoms with Crippen LogP contribution in [-0.4, -0.2) is 37.0 Å². The lowest BCUT2D eigenvalue weighted by atomic mass is 9.94. The highest BCUT2D eigenvalue weighted by molar-refractivity contribution is 5.86. The normalized spacial score (nSPS) is 26.4. The number of fused-ring (bicyclic) bond motifs is 1. The fourth-order valence-electron chi connectivity index (χ4n) is 3.82. The van der Waals surface area contributed by atoms with Crippen LogP contribution in [0.3, 0.4) is 0 Å². The largest absolute Gasteiger partial charge is 0.390 e. The molecule has 7 nitrogen and oxygen atoms in total. The lowest BCUT2D eigenvalue weighted by molar-refractivity contribution is 0.0179. The van der Waals surface area contributed by atoms with E-state index >= 15 is 0 Å². The second-order valence-corrected chi connectivity index (χ2v) is 6.56. The molecule has 2 heterocycles. The zero-order valence-electron chi connectivity index (χ0n) is 13.7. The Morgan fingerprint density at radius 3 is 2.80 bits per heavy atom. The molecule has 25 heavy (non-hydrogen) atoms. The van der Waals surface area contributed by atoms with Crippen LogP contribution < -0.4 is 11.5 Å². The third-order valence-corrected chi connectivity index (χ3v) is 5.16. The molecule has 1 aliphatic carbocycles. The van der Waals surface area contributed by atoms with Crippen molar-refractivity contribution in [3.05, 3.63) is 54.0 Å². The molecular weight excluding hydrogens is 318 g/mol. The molecule has 6 N–H and O–H groups in total. The minimum Gasteiger partial charge on any atom is -0.390 e. The van der Waals surface area contributed by atoms with Crippen LogP contribution in [0.2, 0.25) is 0 Å². The Bertz CT molecular complexity index is 909. The molecule has 3 aromatic rings. The number of nitrogens with zero attached hydrogens (tertiary/aromatic N) is 3. The van der Waals surface area contributed by atoms with E-state index in [9.17, 15) is 10.2 Å². The number of rotatable bonds is 3. The van der Waals surface area contributed by atoms with E-state index in [0.717, 1.165) is 16.5 Å². The van der Waals surface area contributed by atoms with Crippen molar-refractivity contribution in [1.29, 1.82) is 0 Å². The first-order chi connectivity index (χ1) is 12.1. The molecule has 1 aromatic carbocycles. The molecular formula is C18H21N5O2. The van der Waals surface area contributed by atoms with Crippen LogP contribution in [0, 0.1) is 0 Å². The van der Waals surface area contributed by atoms with Crippen LogP contribution in [0.5, 0.6) is 0 Å². The zero-order valence-corrected chi connectivity index (χ0v) is 13.7. The van der Waals surface area contributed by atoms with Gasteiger partial charge in [-0.2, -0.15) is 0 Å². The van der Waals surface area contributed by atoms with Crippen molar-refractivity contribution in [2.24, 2.45) is 5.73 Å². The Morgan fingerprint density at radius 2 is 2.00 bits per heavy atom. The zero-order chi connectivity index (χ0) is 17.6. The fourth-order valence-corrected chi connectivity index (χ4v) is 3.82. The highest BCUT2D eigenvalue weighted by Gasteiger charge is 2.43. The number of hydrogen-bond acceptors (Lipinski definition) is 6. The van der Waals surface area contributed by atoms with E-state index in [-0.39, 0.29) is 12.0 Å². The first kappa shape index (κ1) is 16.0. The average Bonchev–Trinajstić information content (AvgIpc) is 3.18. The second kappa shape index (κ2) is 6.11. The molecule has 4 atom stereocenters. The highest BCUT2D eigenvalue weighted by atomic mass is 16.3. The predicted molar refractivity (Wildman–Crippen MR) is 94.7 cm³/mol. The maximum absolute atomic E-state index is 10.6. The SMILES string of the molecule is NCc1cccc([C@H]2C[C@@H](n3ccc4c(N)ncnc43)[C@H](O)[C@@H]2O)c1. The minimum atomic E-state index is -0.890. The van der Waals surface area contributed by atoms with Gasteiger partial charge in [0.05, 0.1) is 17.5 Å². The molecule has 1 aliphatic rings. The summed E-state index contributed by atoms with van der Waals surface area (Å²) >= 11 is 0. The van der Waals surface area contributed by atoms with Gasteiger partial charge in [0, 0.05) is 18.7 Å². The molecule has 2 aromatic heterocycles. The van der Waals surface area contributed by atoms with Gasteiger partial charge in [-0.15, -0.1) is 0 Å². The standard InChI is InChI=1S/C18H21N5O2/c19-8-10-2-1-3-11(6-10)13-7-14(16(25)15(13)24)23-5-4-12-17(20)21-9-22-18(12)23/h1-6,9,13-16,24-25H,7-8,19H2,(H2,20,21,22)/t13-,14-,15-,16+/m1/s1. The van der Waals surface area contributed by atoms with Gasteiger partial charge in [-0.25, -0.2) is 9.97 Å². The molecule has 130 valence electrons. The lowest BCUT2D eigenvalue weighted by Gasteiger charge is -2.19. The summed E-state index contributed by atoms with van der Waals surface area (Å²) in [6.07, 6.45) is 2.11. The molecule has 0 saturated heterocycles. The Balaban J connectivity index is 1.71. The van der Waals surface area contributed by atoms with E-state index in [1.165, 1.54) is 6.33 Å². The van der Waals surface area contributed by atoms with E-state index in [0.29, 0.717) is 24.4 Å². The number of hydrogen-bond donors (Lipinski definition) is 4. The van der Waals surface area contributed by atoms with Crippen LogP contribution in [0.25, 0.3) is 11.0 Å². The predicted octanol–water partition coefficient (Wildman–Crippen LogP) is 0.923. The number of anilines is 1. The summed E-state index contributed by atoms with van der Waals surface area (Å²) in [6.45, 7) is 0.446. The summed E-state index contributed by atoms with van der Waals surface area (Å²) in [5.74, 6) is 0.243. The van der Waals surface area contributed by atoms with E-state index in [1.54, 1.807) is 0 Å². The maximum Gasteiger partial charge on any atom is 0.145 e. The van der Waals surface area contributed by atoms with Gasteiger partial charge in [0.2, 0.25) is 0 Å². The van der Waals surface area contributed by atoms with E-state index in [2.05, 4.69) is 9.97 Å². The Hall–Kier alpha value is -2.48. The summed E-state index contributed by atoms with van der Waals surface area (Å²) in [7, 11) is 0. The minimum absolute atomic E-state index is 0.164. The van der Waals surface area contributed by atoms with Crippen molar-refractivity contribution in [1.82, 2.24) is 14.5 Å². The van der Waals surface area contributed by atoms with Crippen LogP contribution in [-0.2, 0) is 6.54 Å². The highest BCUT2D eigenvalue weighted by Crippen LogP contribution is 2.42. The first-order valence-corrected chi connectivity index (χ1v) is 8.32. The van der Waals surface area contributed by atoms with E-state index in [4.69, 9.17) is 11.5 Å². The third-order valence-electron chi connectivity index (χ3n) is 5.16. The van der Waals surface area contributed by atoms with Gasteiger partial charge in [-0.3, -0.25) is 0 Å². The summed E-state index contributed by atoms with van der Waals surface area (Å²) in [6, 6.07) is 9.41. The maximum atomic E-state index is 10.6. The second-order valence-electron chi connectivity index (χ2n) is 6.56. The molecule has 0 amide bonds. The molecule has 0 aliphatic heterocycles. The van der Waals surface area contributed by atoms with Crippen LogP contribution in [0.15, 0.2) is 42.9 Å². The molecule has 0 bridgehead atoms. The van der Waals surface area contributed by atoms with Crippen LogP contribution in [0.4, 0.5) is 5.82 Å². The summed E-state index contributed by atoms with van der Waals surface area (Å²) in [4.78, 5) is 8.29. The topological polar surface area (TPSA) is 123 Å². The van der Waals surface area contributed by atoms with Crippen molar-refractivity contribution in [3.8, 4) is 0 Å². The Labute approximate surface area is 144 Å². The van der Waals surface area contributed by atoms with Gasteiger partial charge >= 0.3 is 0 Å². The molecule has 4 rings (SSSR count). The van der Waals surface area contributed by atoms with Gasteiger partial charge < -0.3 is 26.2 Å². The van der Waals surface area contributed by atoms with Crippen molar-refractivity contribution in [2.75, 3.05) is 5.73 Å². The lowest BCUT2D eigenvalue weighted by Crippen LogP contribution is -2.28. The molecule has 0 unspecified atom stereocenters. The molecule has 0 spiro atoms. The Kier molecular flexibility index (Phi) is 3.91. The summed E-state index contributed by atoms with van der Waals surface area (Å²) in [5.41, 5.74) is 14.3. The third kappa shape index (κ3) is 2.57. The smallest absolute Gasteiger partial charge is 0.145 e. The summed E-state index contributed by atoms with van der Waals surface area (Å²) in [5, 5.41) is 22.0. The molecule has 0 radical (unpaired) electrons. The van der Waals surface area contributed by atoms with Gasteiger partial charge in [0.1, 0.15) is 23.9 Å². The molecule has 7 heteroatoms.